The predicted octanol–water partition coefficient (Wildman–Crippen LogP) is 2.37. The third-order valence-corrected chi connectivity index (χ3v) is 3.91. The van der Waals surface area contributed by atoms with Crippen molar-refractivity contribution >= 4 is 0 Å². The topological polar surface area (TPSA) is 50.7 Å². The Labute approximate surface area is 113 Å². The molecular weight excluding hydrogens is 242 g/mol. The molecule has 1 aromatic rings. The van der Waals surface area contributed by atoms with Gasteiger partial charge in [0.2, 0.25) is 0 Å². The average molecular weight is 263 g/mol. The Morgan fingerprint density at radius 3 is 3.00 bits per heavy atom. The fourth-order valence-corrected chi connectivity index (χ4v) is 3.00. The highest BCUT2D eigenvalue weighted by atomic mass is 16.5. The highest BCUT2D eigenvalue weighted by Crippen LogP contribution is 2.36. The largest absolute Gasteiger partial charge is 0.508 e. The van der Waals surface area contributed by atoms with Crippen LogP contribution in [0, 0.1) is 0 Å². The quantitative estimate of drug-likeness (QED) is 0.860. The van der Waals surface area contributed by atoms with E-state index in [9.17, 15) is 5.11 Å². The number of hydrogen-bond acceptors (Lipinski definition) is 4. The van der Waals surface area contributed by atoms with Crippen molar-refractivity contribution in [2.75, 3.05) is 13.2 Å². The number of benzene rings is 1. The number of phenols is 1. The van der Waals surface area contributed by atoms with Crippen molar-refractivity contribution in [3.05, 3.63) is 23.8 Å². The number of aromatic hydroxyl groups is 1. The summed E-state index contributed by atoms with van der Waals surface area (Å²) in [5.41, 5.74) is 1.09. The van der Waals surface area contributed by atoms with Crippen molar-refractivity contribution in [1.29, 1.82) is 0 Å². The summed E-state index contributed by atoms with van der Waals surface area (Å²) in [6, 6.07) is 6.02. The number of ether oxygens (including phenoxy) is 2. The van der Waals surface area contributed by atoms with Crippen LogP contribution in [0.4, 0.5) is 0 Å². The van der Waals surface area contributed by atoms with Crippen LogP contribution < -0.4 is 10.1 Å². The standard InChI is InChI=1S/C15H21NO3/c1-15(2)8-10(5-6-19-15)16-13-9-18-14-7-11(17)3-4-12(13)14/h3-4,7,10,13,16-17H,5-6,8-9H2,1-2H3. The molecule has 19 heavy (non-hydrogen) atoms. The Kier molecular flexibility index (Phi) is 3.15. The van der Waals surface area contributed by atoms with E-state index in [4.69, 9.17) is 9.47 Å². The molecular formula is C15H21NO3. The molecule has 0 radical (unpaired) electrons. The first kappa shape index (κ1) is 12.8. The molecule has 104 valence electrons. The molecule has 0 amide bonds. The molecule has 0 saturated carbocycles. The van der Waals surface area contributed by atoms with Crippen LogP contribution >= 0.6 is 0 Å². The summed E-state index contributed by atoms with van der Waals surface area (Å²) in [6.07, 6.45) is 2.05. The summed E-state index contributed by atoms with van der Waals surface area (Å²) in [7, 11) is 0. The molecule has 2 N–H and O–H groups in total. The lowest BCUT2D eigenvalue weighted by molar-refractivity contribution is -0.0644. The molecule has 0 aromatic heterocycles. The van der Waals surface area contributed by atoms with Crippen molar-refractivity contribution < 1.29 is 14.6 Å². The number of hydrogen-bond donors (Lipinski definition) is 2. The maximum atomic E-state index is 9.46. The van der Waals surface area contributed by atoms with Gasteiger partial charge in [0.05, 0.1) is 11.6 Å². The zero-order valence-electron chi connectivity index (χ0n) is 11.5. The second-order valence-electron chi connectivity index (χ2n) is 6.05. The van der Waals surface area contributed by atoms with Crippen LogP contribution in [0.3, 0.4) is 0 Å². The van der Waals surface area contributed by atoms with E-state index in [0.717, 1.165) is 30.8 Å². The van der Waals surface area contributed by atoms with Gasteiger partial charge in [-0.1, -0.05) is 0 Å². The van der Waals surface area contributed by atoms with E-state index in [1.54, 1.807) is 12.1 Å². The molecule has 2 heterocycles. The van der Waals surface area contributed by atoms with Gasteiger partial charge in [-0.2, -0.15) is 0 Å². The van der Waals surface area contributed by atoms with Gasteiger partial charge in [-0.15, -0.1) is 0 Å². The third-order valence-electron chi connectivity index (χ3n) is 3.91. The molecule has 1 aromatic carbocycles. The molecule has 3 rings (SSSR count). The van der Waals surface area contributed by atoms with Gasteiger partial charge >= 0.3 is 0 Å². The zero-order valence-corrected chi connectivity index (χ0v) is 11.5. The van der Waals surface area contributed by atoms with Crippen LogP contribution in [0.1, 0.15) is 38.3 Å². The van der Waals surface area contributed by atoms with Crippen molar-refractivity contribution in [3.63, 3.8) is 0 Å². The summed E-state index contributed by atoms with van der Waals surface area (Å²) in [5, 5.41) is 13.1. The molecule has 0 aliphatic carbocycles. The van der Waals surface area contributed by atoms with Crippen LogP contribution in [-0.4, -0.2) is 30.0 Å². The van der Waals surface area contributed by atoms with Gasteiger partial charge in [0.1, 0.15) is 18.1 Å². The van der Waals surface area contributed by atoms with E-state index in [1.165, 1.54) is 0 Å². The fourth-order valence-electron chi connectivity index (χ4n) is 3.00. The lowest BCUT2D eigenvalue weighted by Crippen LogP contribution is -2.45. The maximum absolute atomic E-state index is 9.46. The summed E-state index contributed by atoms with van der Waals surface area (Å²) in [4.78, 5) is 0. The van der Waals surface area contributed by atoms with Crippen molar-refractivity contribution in [2.45, 2.75) is 44.4 Å². The molecule has 2 unspecified atom stereocenters. The molecule has 2 aliphatic heterocycles. The predicted molar refractivity (Wildman–Crippen MR) is 72.5 cm³/mol. The molecule has 1 saturated heterocycles. The van der Waals surface area contributed by atoms with E-state index < -0.39 is 0 Å². The number of nitrogens with one attached hydrogen (secondary N) is 1. The van der Waals surface area contributed by atoms with Gasteiger partial charge in [-0.25, -0.2) is 0 Å². The normalized spacial score (nSPS) is 28.7. The maximum Gasteiger partial charge on any atom is 0.127 e. The lowest BCUT2D eigenvalue weighted by atomic mass is 9.93. The first-order valence-corrected chi connectivity index (χ1v) is 6.89. The van der Waals surface area contributed by atoms with Crippen molar-refractivity contribution in [2.24, 2.45) is 0 Å². The molecule has 2 aliphatic rings. The van der Waals surface area contributed by atoms with Crippen LogP contribution in [-0.2, 0) is 4.74 Å². The van der Waals surface area contributed by atoms with Crippen LogP contribution in [0.5, 0.6) is 11.5 Å². The van der Waals surface area contributed by atoms with Crippen molar-refractivity contribution in [3.8, 4) is 11.5 Å². The lowest BCUT2D eigenvalue weighted by Gasteiger charge is -2.37. The van der Waals surface area contributed by atoms with Crippen molar-refractivity contribution in [1.82, 2.24) is 5.32 Å². The minimum atomic E-state index is -0.0484. The highest BCUT2D eigenvalue weighted by Gasteiger charge is 2.32. The second-order valence-corrected chi connectivity index (χ2v) is 6.05. The first-order chi connectivity index (χ1) is 9.03. The minimum Gasteiger partial charge on any atom is -0.508 e. The zero-order chi connectivity index (χ0) is 13.5. The van der Waals surface area contributed by atoms with Crippen LogP contribution in [0.15, 0.2) is 18.2 Å². The Morgan fingerprint density at radius 1 is 1.37 bits per heavy atom. The highest BCUT2D eigenvalue weighted by molar-refractivity contribution is 5.44. The Balaban J connectivity index is 1.69. The van der Waals surface area contributed by atoms with E-state index >= 15 is 0 Å². The third kappa shape index (κ3) is 2.69. The molecule has 2 atom stereocenters. The number of phenolic OH excluding ortho intramolecular Hbond substituents is 1. The Morgan fingerprint density at radius 2 is 2.21 bits per heavy atom. The van der Waals surface area contributed by atoms with Gasteiger partial charge in [-0.3, -0.25) is 0 Å². The Hall–Kier alpha value is -1.26. The summed E-state index contributed by atoms with van der Waals surface area (Å²) in [5.74, 6) is 1.05. The van der Waals surface area contributed by atoms with Crippen LogP contribution in [0.25, 0.3) is 0 Å². The van der Waals surface area contributed by atoms with E-state index in [-0.39, 0.29) is 17.4 Å². The summed E-state index contributed by atoms with van der Waals surface area (Å²) < 4.78 is 11.4. The SMILES string of the molecule is CC1(C)CC(NC2COc3cc(O)ccc32)CCO1. The van der Waals surface area contributed by atoms with Gasteiger partial charge in [0.15, 0.2) is 0 Å². The molecule has 4 heteroatoms. The minimum absolute atomic E-state index is 0.0484. The summed E-state index contributed by atoms with van der Waals surface area (Å²) in [6.45, 7) is 5.72. The van der Waals surface area contributed by atoms with E-state index in [1.807, 2.05) is 6.07 Å². The monoisotopic (exact) mass is 263 g/mol. The summed E-state index contributed by atoms with van der Waals surface area (Å²) >= 11 is 0. The average Bonchev–Trinajstić information content (AvgIpc) is 2.70. The van der Waals surface area contributed by atoms with Gasteiger partial charge in [0, 0.05) is 24.3 Å². The molecule has 4 nitrogen and oxygen atoms in total. The second kappa shape index (κ2) is 4.69. The first-order valence-electron chi connectivity index (χ1n) is 6.89. The van der Waals surface area contributed by atoms with Crippen LogP contribution in [0.2, 0.25) is 0 Å². The van der Waals surface area contributed by atoms with Gasteiger partial charge < -0.3 is 19.9 Å². The van der Waals surface area contributed by atoms with E-state index in [2.05, 4.69) is 19.2 Å². The number of fused-ring (bicyclic) bond motifs is 1. The molecule has 0 bridgehead atoms. The fraction of sp³-hybridized carbons (Fsp3) is 0.600. The van der Waals surface area contributed by atoms with Gasteiger partial charge in [0.25, 0.3) is 0 Å². The van der Waals surface area contributed by atoms with E-state index in [0.29, 0.717) is 12.6 Å². The smallest absolute Gasteiger partial charge is 0.127 e. The number of rotatable bonds is 2. The molecule has 1 fully saturated rings. The molecule has 0 spiro atoms. The van der Waals surface area contributed by atoms with Gasteiger partial charge in [-0.05, 0) is 38.8 Å². The Bertz CT molecular complexity index is 472.